The van der Waals surface area contributed by atoms with E-state index < -0.39 is 0 Å². The molecule has 2 rings (SSSR count). The quantitative estimate of drug-likeness (QED) is 0.857. The fourth-order valence-electron chi connectivity index (χ4n) is 2.77. The van der Waals surface area contributed by atoms with Crippen molar-refractivity contribution in [2.24, 2.45) is 0 Å². The van der Waals surface area contributed by atoms with Crippen LogP contribution in [0, 0.1) is 0 Å². The fraction of sp³-hybridized carbons (Fsp3) is 0.571. The van der Waals surface area contributed by atoms with E-state index in [2.05, 4.69) is 29.3 Å². The number of nitrogens with one attached hydrogen (secondary N) is 1. The SMILES string of the molecule is CN(C)C1(CNC(=O)c2ccncc2N)CCCC1. The molecule has 1 aliphatic carbocycles. The first kappa shape index (κ1) is 13.8. The number of hydrogen-bond acceptors (Lipinski definition) is 4. The van der Waals surface area contributed by atoms with Crippen molar-refractivity contribution in [3.63, 3.8) is 0 Å². The predicted octanol–water partition coefficient (Wildman–Crippen LogP) is 1.27. The molecule has 0 spiro atoms. The van der Waals surface area contributed by atoms with E-state index in [9.17, 15) is 4.79 Å². The Balaban J connectivity index is 2.02. The molecule has 1 aromatic heterocycles. The number of anilines is 1. The van der Waals surface area contributed by atoms with Gasteiger partial charge in [0.05, 0.1) is 17.4 Å². The van der Waals surface area contributed by atoms with Crippen molar-refractivity contribution in [1.82, 2.24) is 15.2 Å². The van der Waals surface area contributed by atoms with Gasteiger partial charge in [0.2, 0.25) is 0 Å². The van der Waals surface area contributed by atoms with E-state index in [1.165, 1.54) is 19.0 Å². The summed E-state index contributed by atoms with van der Waals surface area (Å²) in [7, 11) is 4.16. The first-order valence-corrected chi connectivity index (χ1v) is 6.70. The maximum Gasteiger partial charge on any atom is 0.253 e. The van der Waals surface area contributed by atoms with Crippen molar-refractivity contribution < 1.29 is 4.79 Å². The third-order valence-corrected chi connectivity index (χ3v) is 4.16. The van der Waals surface area contributed by atoms with E-state index in [0.717, 1.165) is 12.8 Å². The lowest BCUT2D eigenvalue weighted by Gasteiger charge is -2.36. The molecule has 1 saturated carbocycles. The highest BCUT2D eigenvalue weighted by molar-refractivity contribution is 5.98. The van der Waals surface area contributed by atoms with E-state index in [4.69, 9.17) is 5.73 Å². The Labute approximate surface area is 114 Å². The van der Waals surface area contributed by atoms with Crippen LogP contribution in [0.4, 0.5) is 5.69 Å². The van der Waals surface area contributed by atoms with Crippen LogP contribution in [0.3, 0.4) is 0 Å². The molecule has 0 radical (unpaired) electrons. The number of nitrogens with zero attached hydrogens (tertiary/aromatic N) is 2. The molecule has 1 heterocycles. The zero-order valence-electron chi connectivity index (χ0n) is 11.6. The summed E-state index contributed by atoms with van der Waals surface area (Å²) in [5.74, 6) is -0.118. The van der Waals surface area contributed by atoms with Gasteiger partial charge in [-0.15, -0.1) is 0 Å². The third-order valence-electron chi connectivity index (χ3n) is 4.16. The van der Waals surface area contributed by atoms with Crippen LogP contribution in [0.25, 0.3) is 0 Å². The molecule has 104 valence electrons. The van der Waals surface area contributed by atoms with Gasteiger partial charge in [0, 0.05) is 18.3 Å². The van der Waals surface area contributed by atoms with Crippen LogP contribution >= 0.6 is 0 Å². The highest BCUT2D eigenvalue weighted by atomic mass is 16.1. The number of nitrogens with two attached hydrogens (primary N) is 1. The van der Waals surface area contributed by atoms with Crippen LogP contribution in [0.1, 0.15) is 36.0 Å². The van der Waals surface area contributed by atoms with Gasteiger partial charge in [0.1, 0.15) is 0 Å². The lowest BCUT2D eigenvalue weighted by molar-refractivity contribution is 0.0901. The molecule has 0 bridgehead atoms. The normalized spacial score (nSPS) is 17.6. The van der Waals surface area contributed by atoms with Gasteiger partial charge in [-0.2, -0.15) is 0 Å². The summed E-state index contributed by atoms with van der Waals surface area (Å²) in [4.78, 5) is 18.3. The largest absolute Gasteiger partial charge is 0.397 e. The number of amides is 1. The van der Waals surface area contributed by atoms with Gasteiger partial charge >= 0.3 is 0 Å². The topological polar surface area (TPSA) is 71.2 Å². The lowest BCUT2D eigenvalue weighted by atomic mass is 9.96. The van der Waals surface area contributed by atoms with Gasteiger partial charge in [-0.25, -0.2) is 0 Å². The first-order valence-electron chi connectivity index (χ1n) is 6.70. The standard InChI is InChI=1S/C14H22N4O/c1-18(2)14(6-3-4-7-14)10-17-13(19)11-5-8-16-9-12(11)15/h5,8-9H,3-4,6-7,10,15H2,1-2H3,(H,17,19). The number of aromatic nitrogens is 1. The lowest BCUT2D eigenvalue weighted by Crippen LogP contribution is -2.50. The second kappa shape index (κ2) is 5.57. The predicted molar refractivity (Wildman–Crippen MR) is 75.9 cm³/mol. The Bertz CT molecular complexity index is 453. The van der Waals surface area contributed by atoms with Gasteiger partial charge in [-0.05, 0) is 33.0 Å². The highest BCUT2D eigenvalue weighted by Gasteiger charge is 2.36. The monoisotopic (exact) mass is 262 g/mol. The van der Waals surface area contributed by atoms with Gasteiger partial charge < -0.3 is 16.0 Å². The zero-order chi connectivity index (χ0) is 13.9. The number of nitrogen functional groups attached to an aromatic ring is 1. The van der Waals surface area contributed by atoms with E-state index in [0.29, 0.717) is 17.8 Å². The third kappa shape index (κ3) is 2.87. The molecule has 5 nitrogen and oxygen atoms in total. The maximum absolute atomic E-state index is 12.1. The molecule has 3 N–H and O–H groups in total. The highest BCUT2D eigenvalue weighted by Crippen LogP contribution is 2.33. The Morgan fingerprint density at radius 1 is 1.47 bits per heavy atom. The second-order valence-corrected chi connectivity index (χ2v) is 5.47. The molecule has 1 fully saturated rings. The van der Waals surface area contributed by atoms with Crippen LogP contribution in [0.2, 0.25) is 0 Å². The van der Waals surface area contributed by atoms with Crippen LogP contribution in [0.15, 0.2) is 18.5 Å². The average molecular weight is 262 g/mol. The minimum Gasteiger partial charge on any atom is -0.397 e. The Morgan fingerprint density at radius 2 is 2.16 bits per heavy atom. The Morgan fingerprint density at radius 3 is 2.74 bits per heavy atom. The Hall–Kier alpha value is -1.62. The van der Waals surface area contributed by atoms with E-state index in [-0.39, 0.29) is 11.4 Å². The smallest absolute Gasteiger partial charge is 0.253 e. The molecule has 0 atom stereocenters. The molecule has 0 saturated heterocycles. The maximum atomic E-state index is 12.1. The molecule has 0 aromatic carbocycles. The second-order valence-electron chi connectivity index (χ2n) is 5.47. The van der Waals surface area contributed by atoms with Crippen molar-refractivity contribution in [3.05, 3.63) is 24.0 Å². The van der Waals surface area contributed by atoms with Crippen LogP contribution in [0.5, 0.6) is 0 Å². The van der Waals surface area contributed by atoms with E-state index in [1.54, 1.807) is 12.3 Å². The molecule has 0 aliphatic heterocycles. The summed E-state index contributed by atoms with van der Waals surface area (Å²) in [6.07, 6.45) is 7.81. The zero-order valence-corrected chi connectivity index (χ0v) is 11.6. The van der Waals surface area contributed by atoms with Crippen molar-refractivity contribution >= 4 is 11.6 Å². The van der Waals surface area contributed by atoms with Gasteiger partial charge in [-0.1, -0.05) is 12.8 Å². The number of hydrogen-bond donors (Lipinski definition) is 2. The summed E-state index contributed by atoms with van der Waals surface area (Å²) >= 11 is 0. The van der Waals surface area contributed by atoms with Crippen molar-refractivity contribution in [1.29, 1.82) is 0 Å². The first-order chi connectivity index (χ1) is 9.05. The van der Waals surface area contributed by atoms with Crippen LogP contribution < -0.4 is 11.1 Å². The summed E-state index contributed by atoms with van der Waals surface area (Å²) < 4.78 is 0. The minimum absolute atomic E-state index is 0.0947. The van der Waals surface area contributed by atoms with Gasteiger partial charge in [0.25, 0.3) is 5.91 Å². The molecule has 1 amide bonds. The molecule has 1 aliphatic rings. The molecule has 0 unspecified atom stereocenters. The van der Waals surface area contributed by atoms with Gasteiger partial charge in [0.15, 0.2) is 0 Å². The van der Waals surface area contributed by atoms with Crippen molar-refractivity contribution in [3.8, 4) is 0 Å². The summed E-state index contributed by atoms with van der Waals surface area (Å²) in [5.41, 5.74) is 6.78. The van der Waals surface area contributed by atoms with Crippen molar-refractivity contribution in [2.75, 3.05) is 26.4 Å². The number of carbonyl (C=O) groups excluding carboxylic acids is 1. The molecule has 5 heteroatoms. The van der Waals surface area contributed by atoms with Gasteiger partial charge in [-0.3, -0.25) is 9.78 Å². The number of likely N-dealkylation sites (N-methyl/N-ethyl adjacent to an activating group) is 1. The van der Waals surface area contributed by atoms with Crippen LogP contribution in [-0.2, 0) is 0 Å². The molecule has 1 aromatic rings. The fourth-order valence-corrected chi connectivity index (χ4v) is 2.77. The number of rotatable bonds is 4. The van der Waals surface area contributed by atoms with E-state index >= 15 is 0 Å². The molecular weight excluding hydrogens is 240 g/mol. The van der Waals surface area contributed by atoms with Crippen LogP contribution in [-0.4, -0.2) is 42.0 Å². The molecule has 19 heavy (non-hydrogen) atoms. The van der Waals surface area contributed by atoms with E-state index in [1.807, 2.05) is 0 Å². The summed E-state index contributed by atoms with van der Waals surface area (Å²) in [6, 6.07) is 1.65. The summed E-state index contributed by atoms with van der Waals surface area (Å²) in [6.45, 7) is 0.667. The number of pyridine rings is 1. The minimum atomic E-state index is -0.118. The summed E-state index contributed by atoms with van der Waals surface area (Å²) in [5, 5.41) is 3.02. The average Bonchev–Trinajstić information content (AvgIpc) is 2.86. The Kier molecular flexibility index (Phi) is 4.04. The van der Waals surface area contributed by atoms with Crippen molar-refractivity contribution in [2.45, 2.75) is 31.2 Å². The molecular formula is C14H22N4O. The number of carbonyl (C=O) groups is 1.